The molecule has 0 aliphatic rings. The van der Waals surface area contributed by atoms with E-state index in [4.69, 9.17) is 11.6 Å². The third kappa shape index (κ3) is 4.55. The Kier molecular flexibility index (Phi) is 5.93. The monoisotopic (exact) mass is 345 g/mol. The van der Waals surface area contributed by atoms with Gasteiger partial charge in [-0.1, -0.05) is 24.6 Å². The lowest BCUT2D eigenvalue weighted by atomic mass is 10.1. The number of pyridine rings is 1. The van der Waals surface area contributed by atoms with Crippen LogP contribution in [0.3, 0.4) is 0 Å². The lowest BCUT2D eigenvalue weighted by Crippen LogP contribution is -2.28. The van der Waals surface area contributed by atoms with Crippen molar-refractivity contribution < 1.29 is 9.59 Å². The molecule has 2 N–H and O–H groups in total. The molecule has 0 aliphatic heterocycles. The predicted octanol–water partition coefficient (Wildman–Crippen LogP) is 3.88. The van der Waals surface area contributed by atoms with Crippen LogP contribution in [0.25, 0.3) is 0 Å². The van der Waals surface area contributed by atoms with E-state index in [1.165, 1.54) is 0 Å². The van der Waals surface area contributed by atoms with Crippen molar-refractivity contribution in [1.29, 1.82) is 0 Å². The van der Waals surface area contributed by atoms with Crippen LogP contribution in [0.5, 0.6) is 0 Å². The van der Waals surface area contributed by atoms with Gasteiger partial charge in [0, 0.05) is 23.3 Å². The number of amides is 2. The fourth-order valence-corrected chi connectivity index (χ4v) is 2.32. The number of nitrogens with zero attached hydrogens (tertiary/aromatic N) is 1. The molecule has 2 aromatic rings. The largest absolute Gasteiger partial charge is 0.345 e. The van der Waals surface area contributed by atoms with Crippen molar-refractivity contribution in [3.8, 4) is 0 Å². The Morgan fingerprint density at radius 1 is 1.25 bits per heavy atom. The Balaban J connectivity index is 2.19. The van der Waals surface area contributed by atoms with Gasteiger partial charge < -0.3 is 10.6 Å². The van der Waals surface area contributed by atoms with E-state index in [0.717, 1.165) is 11.3 Å². The van der Waals surface area contributed by atoms with Gasteiger partial charge in [-0.15, -0.1) is 0 Å². The highest BCUT2D eigenvalue weighted by molar-refractivity contribution is 6.31. The van der Waals surface area contributed by atoms with Gasteiger partial charge in [0.05, 0.1) is 17.3 Å². The molecule has 0 saturated carbocycles. The smallest absolute Gasteiger partial charge is 0.253 e. The molecular weight excluding hydrogens is 326 g/mol. The summed E-state index contributed by atoms with van der Waals surface area (Å²) < 4.78 is 0. The van der Waals surface area contributed by atoms with E-state index in [-0.39, 0.29) is 17.9 Å². The highest BCUT2D eigenvalue weighted by atomic mass is 35.5. The summed E-state index contributed by atoms with van der Waals surface area (Å²) in [6.07, 6.45) is 2.06. The van der Waals surface area contributed by atoms with E-state index >= 15 is 0 Å². The number of halogens is 1. The third-order valence-electron chi connectivity index (χ3n) is 3.60. The van der Waals surface area contributed by atoms with E-state index in [1.807, 2.05) is 26.0 Å². The van der Waals surface area contributed by atoms with Gasteiger partial charge in [0.2, 0.25) is 5.91 Å². The number of aromatic nitrogens is 1. The minimum Gasteiger partial charge on any atom is -0.345 e. The Hall–Kier alpha value is -2.40. The Labute approximate surface area is 146 Å². The van der Waals surface area contributed by atoms with E-state index in [0.29, 0.717) is 22.7 Å². The maximum absolute atomic E-state index is 12.6. The summed E-state index contributed by atoms with van der Waals surface area (Å²) in [5.74, 6) is -0.465. The van der Waals surface area contributed by atoms with Crippen LogP contribution in [0.2, 0.25) is 5.02 Å². The Morgan fingerprint density at radius 3 is 2.62 bits per heavy atom. The average Bonchev–Trinajstić information content (AvgIpc) is 2.55. The van der Waals surface area contributed by atoms with Crippen LogP contribution in [0.1, 0.15) is 47.9 Å². The lowest BCUT2D eigenvalue weighted by molar-refractivity contribution is -0.115. The summed E-state index contributed by atoms with van der Waals surface area (Å²) >= 11 is 5.97. The number of carbonyl (C=O) groups is 2. The van der Waals surface area contributed by atoms with Crippen LogP contribution in [0.15, 0.2) is 36.5 Å². The molecule has 1 atom stereocenters. The molecule has 0 bridgehead atoms. The molecule has 2 amide bonds. The van der Waals surface area contributed by atoms with E-state index in [2.05, 4.69) is 15.6 Å². The zero-order chi connectivity index (χ0) is 17.7. The normalized spacial score (nSPS) is 11.7. The molecule has 0 radical (unpaired) electrons. The molecule has 1 aromatic heterocycles. The third-order valence-corrected chi connectivity index (χ3v) is 3.84. The molecule has 24 heavy (non-hydrogen) atoms. The second-order valence-corrected chi connectivity index (χ2v) is 5.96. The highest BCUT2D eigenvalue weighted by Crippen LogP contribution is 2.22. The first-order chi connectivity index (χ1) is 11.4. The second kappa shape index (κ2) is 7.93. The average molecular weight is 346 g/mol. The number of carbonyl (C=O) groups excluding carboxylic acids is 2. The number of aryl methyl sites for hydroxylation is 1. The molecule has 5 nitrogen and oxygen atoms in total. The van der Waals surface area contributed by atoms with Crippen LogP contribution in [-0.4, -0.2) is 16.8 Å². The van der Waals surface area contributed by atoms with Crippen molar-refractivity contribution in [3.63, 3.8) is 0 Å². The Morgan fingerprint density at radius 2 is 2.00 bits per heavy atom. The van der Waals surface area contributed by atoms with Gasteiger partial charge in [-0.25, -0.2) is 0 Å². The molecule has 0 spiro atoms. The summed E-state index contributed by atoms with van der Waals surface area (Å²) in [4.78, 5) is 28.5. The van der Waals surface area contributed by atoms with E-state index < -0.39 is 0 Å². The maximum Gasteiger partial charge on any atom is 0.253 e. The summed E-state index contributed by atoms with van der Waals surface area (Å²) in [5, 5.41) is 6.07. The van der Waals surface area contributed by atoms with Crippen molar-refractivity contribution in [2.75, 3.05) is 5.32 Å². The number of hydrogen-bond donors (Lipinski definition) is 2. The molecule has 0 fully saturated rings. The van der Waals surface area contributed by atoms with Crippen molar-refractivity contribution in [2.45, 2.75) is 33.2 Å². The van der Waals surface area contributed by atoms with Crippen LogP contribution in [0.4, 0.5) is 5.69 Å². The number of rotatable bonds is 5. The summed E-state index contributed by atoms with van der Waals surface area (Å²) in [7, 11) is 0. The molecular formula is C18H20ClN3O2. The first-order valence-corrected chi connectivity index (χ1v) is 8.11. The summed E-state index contributed by atoms with van der Waals surface area (Å²) in [5.41, 5.74) is 2.59. The first kappa shape index (κ1) is 17.9. The molecule has 2 rings (SSSR count). The lowest BCUT2D eigenvalue weighted by Gasteiger charge is -2.16. The van der Waals surface area contributed by atoms with E-state index in [1.54, 1.807) is 31.3 Å². The number of benzene rings is 1. The van der Waals surface area contributed by atoms with Crippen molar-refractivity contribution >= 4 is 29.1 Å². The van der Waals surface area contributed by atoms with Crippen molar-refractivity contribution in [2.24, 2.45) is 0 Å². The Bertz CT molecular complexity index is 744. The zero-order valence-corrected chi connectivity index (χ0v) is 14.6. The molecule has 1 aromatic carbocycles. The fourth-order valence-electron chi connectivity index (χ4n) is 2.15. The summed E-state index contributed by atoms with van der Waals surface area (Å²) in [6.45, 7) is 5.53. The zero-order valence-electron chi connectivity index (χ0n) is 13.9. The SMILES string of the molecule is CCC(=O)Nc1cc(Cl)ccc1C(=O)NC(C)c1ccc(C)nc1. The van der Waals surface area contributed by atoms with Crippen LogP contribution in [0, 0.1) is 6.92 Å². The quantitative estimate of drug-likeness (QED) is 0.863. The maximum atomic E-state index is 12.6. The van der Waals surface area contributed by atoms with Gasteiger partial charge in [0.25, 0.3) is 5.91 Å². The van der Waals surface area contributed by atoms with Gasteiger partial charge >= 0.3 is 0 Å². The molecule has 0 aliphatic carbocycles. The predicted molar refractivity (Wildman–Crippen MR) is 95.2 cm³/mol. The molecule has 126 valence electrons. The molecule has 6 heteroatoms. The van der Waals surface area contributed by atoms with Crippen LogP contribution >= 0.6 is 11.6 Å². The van der Waals surface area contributed by atoms with Crippen LogP contribution < -0.4 is 10.6 Å². The fraction of sp³-hybridized carbons (Fsp3) is 0.278. The van der Waals surface area contributed by atoms with Gasteiger partial charge in [-0.05, 0) is 43.7 Å². The topological polar surface area (TPSA) is 71.1 Å². The van der Waals surface area contributed by atoms with E-state index in [9.17, 15) is 9.59 Å². The highest BCUT2D eigenvalue weighted by Gasteiger charge is 2.16. The number of anilines is 1. The van der Waals surface area contributed by atoms with Gasteiger partial charge in [0.1, 0.15) is 0 Å². The second-order valence-electron chi connectivity index (χ2n) is 5.52. The summed E-state index contributed by atoms with van der Waals surface area (Å²) in [6, 6.07) is 8.40. The van der Waals surface area contributed by atoms with Crippen molar-refractivity contribution in [3.05, 3.63) is 58.4 Å². The van der Waals surface area contributed by atoms with Gasteiger partial charge in [-0.2, -0.15) is 0 Å². The molecule has 1 heterocycles. The van der Waals surface area contributed by atoms with Crippen LogP contribution in [-0.2, 0) is 4.79 Å². The minimum atomic E-state index is -0.286. The first-order valence-electron chi connectivity index (χ1n) is 7.73. The number of nitrogens with one attached hydrogen (secondary N) is 2. The van der Waals surface area contributed by atoms with Gasteiger partial charge in [-0.3, -0.25) is 14.6 Å². The molecule has 0 saturated heterocycles. The standard InChI is InChI=1S/C18H20ClN3O2/c1-4-17(23)22-16-9-14(19)7-8-15(16)18(24)21-12(3)13-6-5-11(2)20-10-13/h5-10,12H,4H2,1-3H3,(H,21,24)(H,22,23). The minimum absolute atomic E-state index is 0.179. The molecule has 1 unspecified atom stereocenters. The number of hydrogen-bond acceptors (Lipinski definition) is 3. The van der Waals surface area contributed by atoms with Crippen molar-refractivity contribution in [1.82, 2.24) is 10.3 Å². The van der Waals surface area contributed by atoms with Gasteiger partial charge in [0.15, 0.2) is 0 Å².